The van der Waals surface area contributed by atoms with Crippen LogP contribution in [-0.4, -0.2) is 28.8 Å². The first kappa shape index (κ1) is 10.5. The van der Waals surface area contributed by atoms with Gasteiger partial charge in [-0.2, -0.15) is 0 Å². The highest BCUT2D eigenvalue weighted by Gasteiger charge is 2.22. The zero-order chi connectivity index (χ0) is 11.8. The largest absolute Gasteiger partial charge is 0.316 e. The number of rotatable bonds is 2. The fraction of sp³-hybridized carbons (Fsp3) is 0.385. The molecule has 2 aromatic rings. The molecule has 2 aromatic heterocycles. The minimum Gasteiger partial charge on any atom is -0.316 e. The average Bonchev–Trinajstić information content (AvgIpc) is 2.94. The third-order valence-corrected chi connectivity index (χ3v) is 3.39. The van der Waals surface area contributed by atoms with Crippen molar-refractivity contribution in [3.63, 3.8) is 0 Å². The predicted molar refractivity (Wildman–Crippen MR) is 65.5 cm³/mol. The van der Waals surface area contributed by atoms with Crippen LogP contribution in [0.3, 0.4) is 0 Å². The molecule has 4 nitrogen and oxygen atoms in total. The molecule has 1 unspecified atom stereocenters. The zero-order valence-corrected chi connectivity index (χ0v) is 9.81. The van der Waals surface area contributed by atoms with Gasteiger partial charge in [0.25, 0.3) is 0 Å². The summed E-state index contributed by atoms with van der Waals surface area (Å²) in [6.45, 7) is 4.01. The molecule has 3 rings (SSSR count). The summed E-state index contributed by atoms with van der Waals surface area (Å²) >= 11 is 0. The lowest BCUT2D eigenvalue weighted by molar-refractivity contribution is 0.112. The van der Waals surface area contributed by atoms with Crippen LogP contribution in [0.1, 0.15) is 34.2 Å². The maximum Gasteiger partial charge on any atom is 0.170 e. The van der Waals surface area contributed by atoms with Crippen LogP contribution < -0.4 is 5.32 Å². The molecule has 0 aromatic carbocycles. The highest BCUT2D eigenvalue weighted by atomic mass is 16.1. The van der Waals surface area contributed by atoms with Crippen LogP contribution in [-0.2, 0) is 0 Å². The first-order valence-electron chi connectivity index (χ1n) is 5.94. The molecule has 0 spiro atoms. The number of imidazole rings is 1. The Bertz CT molecular complexity index is 567. The lowest BCUT2D eigenvalue weighted by Gasteiger charge is -2.07. The molecule has 1 saturated heterocycles. The van der Waals surface area contributed by atoms with Crippen molar-refractivity contribution in [2.24, 2.45) is 0 Å². The Morgan fingerprint density at radius 3 is 3.18 bits per heavy atom. The van der Waals surface area contributed by atoms with Crippen molar-refractivity contribution in [1.82, 2.24) is 14.7 Å². The minimum absolute atomic E-state index is 0.416. The molecule has 3 heterocycles. The van der Waals surface area contributed by atoms with Gasteiger partial charge in [0.2, 0.25) is 0 Å². The number of aromatic nitrogens is 2. The van der Waals surface area contributed by atoms with E-state index in [-0.39, 0.29) is 0 Å². The molecular weight excluding hydrogens is 214 g/mol. The summed E-state index contributed by atoms with van der Waals surface area (Å²) in [7, 11) is 0. The number of carbonyl (C=O) groups is 1. The van der Waals surface area contributed by atoms with Crippen molar-refractivity contribution in [3.05, 3.63) is 35.4 Å². The Labute approximate surface area is 99.7 Å². The molecule has 0 amide bonds. The van der Waals surface area contributed by atoms with E-state index in [4.69, 9.17) is 0 Å². The van der Waals surface area contributed by atoms with E-state index in [1.165, 1.54) is 0 Å². The molecule has 0 saturated carbocycles. The first-order valence-corrected chi connectivity index (χ1v) is 5.94. The molecule has 0 radical (unpaired) electrons. The molecule has 0 bridgehead atoms. The second-order valence-corrected chi connectivity index (χ2v) is 4.62. The molecule has 0 aliphatic carbocycles. The Balaban J connectivity index is 2.21. The summed E-state index contributed by atoms with van der Waals surface area (Å²) in [6, 6.07) is 4.07. The summed E-state index contributed by atoms with van der Waals surface area (Å²) in [5.74, 6) is 1.42. The van der Waals surface area contributed by atoms with E-state index < -0.39 is 0 Å². The molecule has 17 heavy (non-hydrogen) atoms. The number of fused-ring (bicyclic) bond motifs is 1. The molecule has 1 N–H and O–H groups in total. The van der Waals surface area contributed by atoms with Gasteiger partial charge in [-0.1, -0.05) is 0 Å². The van der Waals surface area contributed by atoms with Gasteiger partial charge in [0.1, 0.15) is 11.5 Å². The molecular formula is C13H15N3O. The number of nitrogens with one attached hydrogen (secondary N) is 1. The Kier molecular flexibility index (Phi) is 2.44. The van der Waals surface area contributed by atoms with Crippen LogP contribution in [0.4, 0.5) is 0 Å². The number of pyridine rings is 1. The van der Waals surface area contributed by atoms with Crippen molar-refractivity contribution in [2.75, 3.05) is 13.1 Å². The van der Waals surface area contributed by atoms with Crippen molar-refractivity contribution < 1.29 is 4.79 Å². The van der Waals surface area contributed by atoms with Gasteiger partial charge in [-0.15, -0.1) is 0 Å². The number of carbonyl (C=O) groups excluding carboxylic acids is 1. The van der Waals surface area contributed by atoms with Crippen LogP contribution in [0.15, 0.2) is 18.3 Å². The second kappa shape index (κ2) is 3.96. The second-order valence-electron chi connectivity index (χ2n) is 4.62. The predicted octanol–water partition coefficient (Wildman–Crippen LogP) is 1.53. The number of hydrogen-bond acceptors (Lipinski definition) is 3. The highest BCUT2D eigenvalue weighted by molar-refractivity contribution is 5.84. The average molecular weight is 229 g/mol. The van der Waals surface area contributed by atoms with Crippen LogP contribution in [0.2, 0.25) is 0 Å². The molecule has 1 fully saturated rings. The summed E-state index contributed by atoms with van der Waals surface area (Å²) in [5.41, 5.74) is 2.62. The maximum atomic E-state index is 11.1. The maximum absolute atomic E-state index is 11.1. The third-order valence-electron chi connectivity index (χ3n) is 3.39. The lowest BCUT2D eigenvalue weighted by atomic mass is 10.1. The minimum atomic E-state index is 0.416. The van der Waals surface area contributed by atoms with E-state index in [2.05, 4.69) is 20.8 Å². The van der Waals surface area contributed by atoms with Crippen LogP contribution in [0, 0.1) is 6.92 Å². The number of nitrogens with zero attached hydrogens (tertiary/aromatic N) is 2. The third kappa shape index (κ3) is 1.65. The van der Waals surface area contributed by atoms with E-state index in [0.29, 0.717) is 11.6 Å². The Morgan fingerprint density at radius 1 is 1.59 bits per heavy atom. The van der Waals surface area contributed by atoms with E-state index in [9.17, 15) is 4.79 Å². The van der Waals surface area contributed by atoms with Crippen LogP contribution in [0.5, 0.6) is 0 Å². The molecule has 1 aliphatic rings. The van der Waals surface area contributed by atoms with E-state index in [1.807, 2.05) is 19.2 Å². The fourth-order valence-electron chi connectivity index (χ4n) is 2.49. The summed E-state index contributed by atoms with van der Waals surface area (Å²) in [5, 5.41) is 3.33. The monoisotopic (exact) mass is 229 g/mol. The van der Waals surface area contributed by atoms with Gasteiger partial charge in [-0.25, -0.2) is 4.98 Å². The SMILES string of the molecule is Cc1ccn2c(C3CCNC3)nc(C=O)c2c1. The van der Waals surface area contributed by atoms with Crippen molar-refractivity contribution >= 4 is 11.8 Å². The molecule has 88 valence electrons. The van der Waals surface area contributed by atoms with E-state index in [1.54, 1.807) is 0 Å². The van der Waals surface area contributed by atoms with Crippen LogP contribution in [0.25, 0.3) is 5.52 Å². The number of hydrogen-bond donors (Lipinski definition) is 1. The molecule has 1 aliphatic heterocycles. The topological polar surface area (TPSA) is 46.4 Å². The summed E-state index contributed by atoms with van der Waals surface area (Å²) in [4.78, 5) is 15.6. The van der Waals surface area contributed by atoms with Gasteiger partial charge in [0, 0.05) is 18.7 Å². The van der Waals surface area contributed by atoms with Gasteiger partial charge in [0.05, 0.1) is 5.52 Å². The van der Waals surface area contributed by atoms with Crippen molar-refractivity contribution in [2.45, 2.75) is 19.3 Å². The van der Waals surface area contributed by atoms with Crippen LogP contribution >= 0.6 is 0 Å². The van der Waals surface area contributed by atoms with Crippen molar-refractivity contribution in [1.29, 1.82) is 0 Å². The Morgan fingerprint density at radius 2 is 2.47 bits per heavy atom. The summed E-state index contributed by atoms with van der Waals surface area (Å²) in [6.07, 6.45) is 3.95. The normalized spacial score (nSPS) is 19.9. The Hall–Kier alpha value is -1.68. The van der Waals surface area contributed by atoms with Gasteiger partial charge >= 0.3 is 0 Å². The lowest BCUT2D eigenvalue weighted by Crippen LogP contribution is -2.10. The zero-order valence-electron chi connectivity index (χ0n) is 9.81. The molecule has 1 atom stereocenters. The van der Waals surface area contributed by atoms with Gasteiger partial charge in [0.15, 0.2) is 6.29 Å². The highest BCUT2D eigenvalue weighted by Crippen LogP contribution is 2.24. The fourth-order valence-corrected chi connectivity index (χ4v) is 2.49. The van der Waals surface area contributed by atoms with Crippen molar-refractivity contribution in [3.8, 4) is 0 Å². The summed E-state index contributed by atoms with van der Waals surface area (Å²) < 4.78 is 2.05. The quantitative estimate of drug-likeness (QED) is 0.794. The van der Waals surface area contributed by atoms with Gasteiger partial charge < -0.3 is 9.72 Å². The first-order chi connectivity index (χ1) is 8.29. The number of aryl methyl sites for hydroxylation is 1. The smallest absolute Gasteiger partial charge is 0.170 e. The molecule has 4 heteroatoms. The van der Waals surface area contributed by atoms with Gasteiger partial charge in [-0.05, 0) is 37.6 Å². The van der Waals surface area contributed by atoms with E-state index >= 15 is 0 Å². The van der Waals surface area contributed by atoms with Gasteiger partial charge in [-0.3, -0.25) is 4.79 Å². The number of aldehydes is 1. The standard InChI is InChI=1S/C13H15N3O/c1-9-3-5-16-12(6-9)11(8-17)15-13(16)10-2-4-14-7-10/h3,5-6,8,10,14H,2,4,7H2,1H3. The van der Waals surface area contributed by atoms with E-state index in [0.717, 1.165) is 42.7 Å².